The Morgan fingerprint density at radius 2 is 2.07 bits per heavy atom. The van der Waals surface area contributed by atoms with Crippen molar-refractivity contribution in [3.63, 3.8) is 0 Å². The van der Waals surface area contributed by atoms with Crippen molar-refractivity contribution in [2.24, 2.45) is 5.18 Å². The van der Waals surface area contributed by atoms with E-state index in [1.165, 1.54) is 12.0 Å². The van der Waals surface area contributed by atoms with Crippen LogP contribution in [0.25, 0.3) is 0 Å². The molecule has 0 atom stereocenters. The zero-order valence-electron chi connectivity index (χ0n) is 9.66. The highest BCUT2D eigenvalue weighted by atomic mass is 16.3. The zero-order chi connectivity index (χ0) is 11.3. The van der Waals surface area contributed by atoms with Crippen LogP contribution in [0.2, 0.25) is 0 Å². The molecule has 0 aliphatic carbocycles. The first-order chi connectivity index (χ1) is 7.19. The molecule has 0 saturated carbocycles. The summed E-state index contributed by atoms with van der Waals surface area (Å²) in [4.78, 5) is 12.6. The molecule has 0 N–H and O–H groups in total. The number of unbranched alkanes of at least 4 members (excludes halogenated alkanes) is 1. The number of hydrogen-bond donors (Lipinski definition) is 0. The Morgan fingerprint density at radius 1 is 1.33 bits per heavy atom. The average Bonchev–Trinajstić information content (AvgIpc) is 2.25. The third kappa shape index (κ3) is 3.05. The van der Waals surface area contributed by atoms with Gasteiger partial charge in [-0.3, -0.25) is 0 Å². The first-order valence-electron chi connectivity index (χ1n) is 5.32. The summed E-state index contributed by atoms with van der Waals surface area (Å²) in [6.45, 7) is 2.16. The lowest BCUT2D eigenvalue weighted by molar-refractivity contribution is 0.795. The molecule has 0 aliphatic heterocycles. The fraction of sp³-hybridized carbons (Fsp3) is 0.500. The van der Waals surface area contributed by atoms with Crippen molar-refractivity contribution in [3.05, 3.63) is 28.7 Å². The second kappa shape index (κ2) is 5.49. The molecule has 0 unspecified atom stereocenters. The topological polar surface area (TPSA) is 32.7 Å². The third-order valence-corrected chi connectivity index (χ3v) is 2.44. The van der Waals surface area contributed by atoms with E-state index in [-0.39, 0.29) is 0 Å². The number of anilines is 1. The maximum atomic E-state index is 10.7. The molecule has 0 saturated heterocycles. The minimum Gasteiger partial charge on any atom is -0.376 e. The normalized spacial score (nSPS) is 10.1. The van der Waals surface area contributed by atoms with Gasteiger partial charge in [0.15, 0.2) is 0 Å². The van der Waals surface area contributed by atoms with Gasteiger partial charge in [0.2, 0.25) is 0 Å². The first-order valence-corrected chi connectivity index (χ1v) is 5.32. The van der Waals surface area contributed by atoms with Gasteiger partial charge in [-0.15, -0.1) is 4.91 Å². The average molecular weight is 206 g/mol. The molecule has 0 fully saturated rings. The minimum absolute atomic E-state index is 0.536. The van der Waals surface area contributed by atoms with Crippen LogP contribution in [0.5, 0.6) is 0 Å². The summed E-state index contributed by atoms with van der Waals surface area (Å²) in [5.41, 5.74) is 2.61. The molecule has 3 nitrogen and oxygen atoms in total. The van der Waals surface area contributed by atoms with Gasteiger partial charge in [-0.25, -0.2) is 0 Å². The van der Waals surface area contributed by atoms with Gasteiger partial charge in [0.05, 0.1) is 5.69 Å². The highest BCUT2D eigenvalue weighted by Gasteiger charge is 2.05. The van der Waals surface area contributed by atoms with Crippen molar-refractivity contribution in [3.8, 4) is 0 Å². The molecular formula is C12H18N2O. The minimum atomic E-state index is 0.536. The van der Waals surface area contributed by atoms with Crippen LogP contribution in [0.15, 0.2) is 23.4 Å². The van der Waals surface area contributed by atoms with E-state index in [0.717, 1.165) is 18.5 Å². The smallest absolute Gasteiger partial charge is 0.131 e. The Balaban J connectivity index is 2.92. The van der Waals surface area contributed by atoms with E-state index >= 15 is 0 Å². The molecule has 0 aromatic heterocycles. The van der Waals surface area contributed by atoms with Gasteiger partial charge in [0.25, 0.3) is 0 Å². The van der Waals surface area contributed by atoms with Crippen LogP contribution in [-0.2, 0) is 6.42 Å². The molecule has 15 heavy (non-hydrogen) atoms. The van der Waals surface area contributed by atoms with Crippen molar-refractivity contribution in [1.82, 2.24) is 0 Å². The Hall–Kier alpha value is -1.38. The molecule has 1 aromatic carbocycles. The van der Waals surface area contributed by atoms with Gasteiger partial charge in [0.1, 0.15) is 5.69 Å². The maximum absolute atomic E-state index is 10.7. The van der Waals surface area contributed by atoms with Crippen LogP contribution >= 0.6 is 0 Å². The van der Waals surface area contributed by atoms with Crippen LogP contribution in [-0.4, -0.2) is 14.1 Å². The predicted molar refractivity (Wildman–Crippen MR) is 64.8 cm³/mol. The molecule has 0 radical (unpaired) electrons. The van der Waals surface area contributed by atoms with E-state index in [4.69, 9.17) is 0 Å². The molecule has 1 rings (SSSR count). The van der Waals surface area contributed by atoms with E-state index in [1.54, 1.807) is 0 Å². The van der Waals surface area contributed by atoms with Gasteiger partial charge >= 0.3 is 0 Å². The van der Waals surface area contributed by atoms with Crippen LogP contribution < -0.4 is 4.90 Å². The molecule has 0 spiro atoms. The van der Waals surface area contributed by atoms with Crippen molar-refractivity contribution in [2.75, 3.05) is 19.0 Å². The fourth-order valence-corrected chi connectivity index (χ4v) is 1.56. The Bertz CT molecular complexity index is 334. The standard InChI is InChI=1S/C12H18N2O/c1-4-5-6-10-7-8-12(14(2)3)11(9-10)13-15/h7-9H,4-6H2,1-3H3. The summed E-state index contributed by atoms with van der Waals surface area (Å²) in [7, 11) is 3.82. The Morgan fingerprint density at radius 3 is 2.60 bits per heavy atom. The summed E-state index contributed by atoms with van der Waals surface area (Å²) in [5, 5.41) is 3.07. The van der Waals surface area contributed by atoms with Crippen molar-refractivity contribution >= 4 is 11.4 Å². The predicted octanol–water partition coefficient (Wildman–Crippen LogP) is 3.49. The molecule has 0 bridgehead atoms. The number of aryl methyl sites for hydroxylation is 1. The molecular weight excluding hydrogens is 188 g/mol. The van der Waals surface area contributed by atoms with E-state index in [2.05, 4.69) is 18.2 Å². The largest absolute Gasteiger partial charge is 0.376 e. The highest BCUT2D eigenvalue weighted by molar-refractivity contribution is 5.67. The van der Waals surface area contributed by atoms with Gasteiger partial charge in [-0.05, 0) is 35.7 Å². The van der Waals surface area contributed by atoms with Gasteiger partial charge < -0.3 is 4.90 Å². The molecule has 0 heterocycles. The van der Waals surface area contributed by atoms with Crippen LogP contribution in [0.4, 0.5) is 11.4 Å². The van der Waals surface area contributed by atoms with E-state index < -0.39 is 0 Å². The fourth-order valence-electron chi connectivity index (χ4n) is 1.56. The number of benzene rings is 1. The first kappa shape index (κ1) is 11.7. The SMILES string of the molecule is CCCCc1ccc(N(C)C)c(N=O)c1. The van der Waals surface area contributed by atoms with Gasteiger partial charge in [-0.1, -0.05) is 19.4 Å². The van der Waals surface area contributed by atoms with Gasteiger partial charge in [0, 0.05) is 14.1 Å². The number of hydrogen-bond acceptors (Lipinski definition) is 3. The summed E-state index contributed by atoms with van der Waals surface area (Å²) in [6.07, 6.45) is 3.34. The van der Waals surface area contributed by atoms with E-state index in [9.17, 15) is 4.91 Å². The summed E-state index contributed by atoms with van der Waals surface area (Å²) in [5.74, 6) is 0. The number of rotatable bonds is 5. The van der Waals surface area contributed by atoms with Gasteiger partial charge in [-0.2, -0.15) is 0 Å². The molecule has 82 valence electrons. The molecule has 0 amide bonds. The highest BCUT2D eigenvalue weighted by Crippen LogP contribution is 2.28. The monoisotopic (exact) mass is 206 g/mol. The summed E-state index contributed by atoms with van der Waals surface area (Å²) < 4.78 is 0. The third-order valence-electron chi connectivity index (χ3n) is 2.44. The lowest BCUT2D eigenvalue weighted by Gasteiger charge is -2.14. The summed E-state index contributed by atoms with van der Waals surface area (Å²) in [6, 6.07) is 5.92. The zero-order valence-corrected chi connectivity index (χ0v) is 9.66. The summed E-state index contributed by atoms with van der Waals surface area (Å²) >= 11 is 0. The van der Waals surface area contributed by atoms with E-state index in [0.29, 0.717) is 5.69 Å². The van der Waals surface area contributed by atoms with Crippen LogP contribution in [0.3, 0.4) is 0 Å². The Labute approximate surface area is 91.1 Å². The lowest BCUT2D eigenvalue weighted by atomic mass is 10.1. The second-order valence-corrected chi connectivity index (χ2v) is 3.91. The number of nitrogens with zero attached hydrogens (tertiary/aromatic N) is 2. The van der Waals surface area contributed by atoms with Crippen LogP contribution in [0.1, 0.15) is 25.3 Å². The van der Waals surface area contributed by atoms with E-state index in [1.807, 2.05) is 31.1 Å². The lowest BCUT2D eigenvalue weighted by Crippen LogP contribution is -2.08. The van der Waals surface area contributed by atoms with Crippen molar-refractivity contribution in [1.29, 1.82) is 0 Å². The maximum Gasteiger partial charge on any atom is 0.131 e. The number of nitroso groups, excluding NO2 is 1. The molecule has 3 heteroatoms. The molecule has 0 aliphatic rings. The quantitative estimate of drug-likeness (QED) is 0.691. The van der Waals surface area contributed by atoms with Crippen molar-refractivity contribution < 1.29 is 0 Å². The van der Waals surface area contributed by atoms with Crippen molar-refractivity contribution in [2.45, 2.75) is 26.2 Å². The van der Waals surface area contributed by atoms with Crippen LogP contribution in [0, 0.1) is 4.91 Å². The Kier molecular flexibility index (Phi) is 4.28. The second-order valence-electron chi connectivity index (χ2n) is 3.91. The molecule has 1 aromatic rings.